The predicted octanol–water partition coefficient (Wildman–Crippen LogP) is 5.48. The van der Waals surface area contributed by atoms with Gasteiger partial charge in [-0.25, -0.2) is 8.78 Å². The van der Waals surface area contributed by atoms with Gasteiger partial charge in [-0.1, -0.05) is 18.6 Å². The molecular formula is C36H36F2N6O3. The summed E-state index contributed by atoms with van der Waals surface area (Å²) in [4.78, 5) is 30.6. The van der Waals surface area contributed by atoms with E-state index >= 15 is 4.39 Å². The third-order valence-corrected chi connectivity index (χ3v) is 9.88. The molecule has 47 heavy (non-hydrogen) atoms. The van der Waals surface area contributed by atoms with E-state index in [2.05, 4.69) is 32.7 Å². The van der Waals surface area contributed by atoms with Crippen LogP contribution in [0.2, 0.25) is 0 Å². The molecule has 1 amide bonds. The molecule has 2 N–H and O–H groups in total. The number of aromatic hydroxyl groups is 1. The first-order chi connectivity index (χ1) is 22.8. The highest BCUT2D eigenvalue weighted by atomic mass is 19.1. The molecule has 11 heteroatoms. The molecular weight excluding hydrogens is 602 g/mol. The number of anilines is 1. The number of aromatic nitrogens is 3. The van der Waals surface area contributed by atoms with Gasteiger partial charge in [-0.05, 0) is 87.7 Å². The molecule has 3 fully saturated rings. The Labute approximate surface area is 271 Å². The van der Waals surface area contributed by atoms with E-state index in [-0.39, 0.29) is 57.0 Å². The SMILES string of the molecule is C#Cc1c(F)ccc2cc(O)cc(-c3ncc4c(N5CCCC[C@@H](NC(=O)C=C)C5)nc(OCC56CCCN5CCC6)nc4c3F)c12. The van der Waals surface area contributed by atoms with Gasteiger partial charge in [0.15, 0.2) is 5.82 Å². The molecule has 3 aliphatic heterocycles. The summed E-state index contributed by atoms with van der Waals surface area (Å²) in [5.41, 5.74) is -0.157. The minimum atomic E-state index is -0.775. The zero-order valence-corrected chi connectivity index (χ0v) is 26.1. The van der Waals surface area contributed by atoms with E-state index in [9.17, 15) is 14.3 Å². The number of terminal acetylenes is 1. The maximum atomic E-state index is 16.9. The second-order valence-electron chi connectivity index (χ2n) is 12.7. The normalized spacial score (nSPS) is 19.3. The number of benzene rings is 2. The number of carbonyl (C=O) groups is 1. The highest BCUT2D eigenvalue weighted by Crippen LogP contribution is 2.41. The van der Waals surface area contributed by atoms with Gasteiger partial charge in [0, 0.05) is 36.3 Å². The Balaban J connectivity index is 1.37. The quantitative estimate of drug-likeness (QED) is 0.203. The molecule has 0 aliphatic carbocycles. The number of carbonyl (C=O) groups excluding carboxylic acids is 1. The third kappa shape index (κ3) is 5.61. The number of ether oxygens (including phenoxy) is 1. The van der Waals surface area contributed by atoms with Crippen LogP contribution in [0.25, 0.3) is 32.9 Å². The maximum absolute atomic E-state index is 16.9. The lowest BCUT2D eigenvalue weighted by molar-refractivity contribution is -0.117. The first kappa shape index (κ1) is 30.8. The molecule has 0 spiro atoms. The molecule has 4 aromatic rings. The standard InChI is InChI=1S/C36H36F2N6O3/c1-3-25-28(37)11-10-22-17-24(45)18-26(30(22)25)32-31(38)33-27(19-39-32)34(43-14-6-5-9-23(20-43)40-29(46)4-2)42-35(41-33)47-21-36-12-7-15-44(36)16-8-13-36/h1,4,10-11,17-19,23,45H,2,5-9,12-16,20-21H2,(H,40,46)/t23-/m1/s1. The summed E-state index contributed by atoms with van der Waals surface area (Å²) in [6, 6.07) is 5.35. The molecule has 1 atom stereocenters. The molecule has 2 aromatic heterocycles. The molecule has 0 bridgehead atoms. The van der Waals surface area contributed by atoms with Gasteiger partial charge in [-0.2, -0.15) is 9.97 Å². The summed E-state index contributed by atoms with van der Waals surface area (Å²) in [6.45, 7) is 7.08. The fraction of sp³-hybridized carbons (Fsp3) is 0.389. The average Bonchev–Trinajstić information content (AvgIpc) is 3.57. The zero-order valence-electron chi connectivity index (χ0n) is 26.1. The van der Waals surface area contributed by atoms with Crippen molar-refractivity contribution in [2.24, 2.45) is 0 Å². The van der Waals surface area contributed by atoms with Crippen molar-refractivity contribution in [2.75, 3.05) is 37.7 Å². The number of nitrogens with zero attached hydrogens (tertiary/aromatic N) is 5. The van der Waals surface area contributed by atoms with Crippen molar-refractivity contribution in [3.8, 4) is 35.4 Å². The van der Waals surface area contributed by atoms with Crippen LogP contribution in [0, 0.1) is 24.0 Å². The summed E-state index contributed by atoms with van der Waals surface area (Å²) in [6.07, 6.45) is 15.2. The lowest BCUT2D eigenvalue weighted by Gasteiger charge is -2.31. The van der Waals surface area contributed by atoms with Crippen LogP contribution in [-0.4, -0.2) is 75.2 Å². The summed E-state index contributed by atoms with van der Waals surface area (Å²) < 4.78 is 38.1. The molecule has 5 heterocycles. The Kier molecular flexibility index (Phi) is 8.14. The molecule has 9 nitrogen and oxygen atoms in total. The number of halogens is 2. The maximum Gasteiger partial charge on any atom is 0.319 e. The van der Waals surface area contributed by atoms with E-state index in [1.807, 2.05) is 4.90 Å². The van der Waals surface area contributed by atoms with Crippen molar-refractivity contribution in [1.82, 2.24) is 25.2 Å². The number of fused-ring (bicyclic) bond motifs is 3. The number of rotatable bonds is 7. The highest BCUT2D eigenvalue weighted by molar-refractivity contribution is 6.03. The summed E-state index contributed by atoms with van der Waals surface area (Å²) in [7, 11) is 0. The van der Waals surface area contributed by atoms with Crippen LogP contribution >= 0.6 is 0 Å². The number of amides is 1. The average molecular weight is 639 g/mol. The van der Waals surface area contributed by atoms with Crippen molar-refractivity contribution in [3.63, 3.8) is 0 Å². The van der Waals surface area contributed by atoms with Crippen molar-refractivity contribution in [3.05, 3.63) is 60.3 Å². The molecule has 2 aromatic carbocycles. The number of phenolic OH excluding ortho intramolecular Hbond substituents is 1. The van der Waals surface area contributed by atoms with E-state index in [4.69, 9.17) is 16.1 Å². The molecule has 3 saturated heterocycles. The fourth-order valence-corrected chi connectivity index (χ4v) is 7.64. The first-order valence-corrected chi connectivity index (χ1v) is 16.1. The Morgan fingerprint density at radius 2 is 1.98 bits per heavy atom. The van der Waals surface area contributed by atoms with E-state index in [1.54, 1.807) is 0 Å². The van der Waals surface area contributed by atoms with Crippen molar-refractivity contribution < 1.29 is 23.4 Å². The van der Waals surface area contributed by atoms with Gasteiger partial charge in [0.25, 0.3) is 0 Å². The van der Waals surface area contributed by atoms with Crippen LogP contribution in [-0.2, 0) is 4.79 Å². The minimum Gasteiger partial charge on any atom is -0.508 e. The van der Waals surface area contributed by atoms with Crippen LogP contribution in [0.1, 0.15) is 50.5 Å². The Hall–Kier alpha value is -4.82. The Bertz CT molecular complexity index is 1930. The largest absolute Gasteiger partial charge is 0.508 e. The Morgan fingerprint density at radius 3 is 2.74 bits per heavy atom. The van der Waals surface area contributed by atoms with E-state index in [1.165, 1.54) is 36.5 Å². The van der Waals surface area contributed by atoms with Crippen molar-refractivity contribution in [1.29, 1.82) is 0 Å². The number of phenols is 1. The third-order valence-electron chi connectivity index (χ3n) is 9.88. The van der Waals surface area contributed by atoms with Gasteiger partial charge in [0.05, 0.1) is 16.5 Å². The molecule has 3 aliphatic rings. The van der Waals surface area contributed by atoms with Crippen molar-refractivity contribution >= 4 is 33.4 Å². The van der Waals surface area contributed by atoms with E-state index < -0.39 is 11.6 Å². The summed E-state index contributed by atoms with van der Waals surface area (Å²) in [5, 5.41) is 14.6. The topological polar surface area (TPSA) is 104 Å². The van der Waals surface area contributed by atoms with Crippen LogP contribution < -0.4 is 15.0 Å². The van der Waals surface area contributed by atoms with E-state index in [0.29, 0.717) is 36.3 Å². The Morgan fingerprint density at radius 1 is 1.17 bits per heavy atom. The summed E-state index contributed by atoms with van der Waals surface area (Å²) >= 11 is 0. The summed E-state index contributed by atoms with van der Waals surface area (Å²) in [5.74, 6) is 1.00. The van der Waals surface area contributed by atoms with Gasteiger partial charge in [-0.3, -0.25) is 14.7 Å². The molecule has 242 valence electrons. The lowest BCUT2D eigenvalue weighted by Crippen LogP contribution is -2.43. The minimum absolute atomic E-state index is 0.0201. The van der Waals surface area contributed by atoms with Gasteiger partial charge >= 0.3 is 6.01 Å². The number of pyridine rings is 1. The van der Waals surface area contributed by atoms with Crippen LogP contribution in [0.3, 0.4) is 0 Å². The van der Waals surface area contributed by atoms with Crippen molar-refractivity contribution in [2.45, 2.75) is 56.5 Å². The van der Waals surface area contributed by atoms with E-state index in [0.717, 1.165) is 58.0 Å². The van der Waals surface area contributed by atoms with Gasteiger partial charge in [0.1, 0.15) is 35.2 Å². The molecule has 0 unspecified atom stereocenters. The highest BCUT2D eigenvalue weighted by Gasteiger charge is 2.45. The smallest absolute Gasteiger partial charge is 0.319 e. The second-order valence-corrected chi connectivity index (χ2v) is 12.7. The molecule has 0 radical (unpaired) electrons. The van der Waals surface area contributed by atoms with Crippen LogP contribution in [0.4, 0.5) is 14.6 Å². The second kappa shape index (κ2) is 12.4. The fourth-order valence-electron chi connectivity index (χ4n) is 7.64. The van der Waals surface area contributed by atoms with Crippen LogP contribution in [0.5, 0.6) is 11.8 Å². The molecule has 7 rings (SSSR count). The number of nitrogens with one attached hydrogen (secondary N) is 1. The molecule has 0 saturated carbocycles. The zero-order chi connectivity index (χ0) is 32.7. The van der Waals surface area contributed by atoms with Gasteiger partial charge in [-0.15, -0.1) is 6.42 Å². The number of hydrogen-bond donors (Lipinski definition) is 2. The lowest BCUT2D eigenvalue weighted by atomic mass is 9.95. The number of hydrogen-bond acceptors (Lipinski definition) is 8. The van der Waals surface area contributed by atoms with Gasteiger partial charge in [0.2, 0.25) is 5.91 Å². The van der Waals surface area contributed by atoms with Crippen LogP contribution in [0.15, 0.2) is 43.1 Å². The van der Waals surface area contributed by atoms with Gasteiger partial charge < -0.3 is 20.1 Å². The first-order valence-electron chi connectivity index (χ1n) is 16.1. The monoisotopic (exact) mass is 638 g/mol. The predicted molar refractivity (Wildman–Crippen MR) is 176 cm³/mol.